The molecule has 0 saturated carbocycles. The monoisotopic (exact) mass is 457 g/mol. The highest BCUT2D eigenvalue weighted by molar-refractivity contribution is 7.99. The number of aromatic nitrogens is 2. The zero-order chi connectivity index (χ0) is 22.0. The molecule has 0 unspecified atom stereocenters. The molecule has 0 saturated heterocycles. The third-order valence-corrected chi connectivity index (χ3v) is 7.56. The van der Waals surface area contributed by atoms with Crippen molar-refractivity contribution in [2.75, 3.05) is 24.8 Å². The Morgan fingerprint density at radius 2 is 1.97 bits per heavy atom. The smallest absolute Gasteiger partial charge is 0.263 e. The highest BCUT2D eigenvalue weighted by atomic mass is 32.2. The van der Waals surface area contributed by atoms with E-state index < -0.39 is 0 Å². The van der Waals surface area contributed by atoms with Gasteiger partial charge < -0.3 is 10.1 Å². The Kier molecular flexibility index (Phi) is 6.79. The molecule has 2 aromatic heterocycles. The summed E-state index contributed by atoms with van der Waals surface area (Å²) in [7, 11) is 1.62. The number of aryl methyl sites for hydroxylation is 4. The number of fused-ring (bicyclic) bond motifs is 3. The number of hydrogen-bond acceptors (Lipinski definition) is 6. The molecular formula is C23H27N3O3S2. The average molecular weight is 458 g/mol. The predicted molar refractivity (Wildman–Crippen MR) is 128 cm³/mol. The van der Waals surface area contributed by atoms with Gasteiger partial charge >= 0.3 is 0 Å². The van der Waals surface area contributed by atoms with Gasteiger partial charge in [-0.2, -0.15) is 0 Å². The Morgan fingerprint density at radius 1 is 1.23 bits per heavy atom. The zero-order valence-corrected chi connectivity index (χ0v) is 19.8. The van der Waals surface area contributed by atoms with E-state index in [9.17, 15) is 9.59 Å². The number of carbonyl (C=O) groups is 1. The number of hydrogen-bond donors (Lipinski definition) is 1. The molecule has 1 aliphatic carbocycles. The lowest BCUT2D eigenvalue weighted by Crippen LogP contribution is -2.26. The molecule has 0 aliphatic heterocycles. The Balaban J connectivity index is 1.59. The SMILES string of the molecule is COCCn1c(SCC(=O)Nc2cc(C)cc(C)c2)nc2sc3c(c2c1=O)CCCC3. The van der Waals surface area contributed by atoms with Crippen LogP contribution >= 0.6 is 23.1 Å². The quantitative estimate of drug-likeness (QED) is 0.422. The van der Waals surface area contributed by atoms with E-state index in [0.29, 0.717) is 18.3 Å². The largest absolute Gasteiger partial charge is 0.383 e. The van der Waals surface area contributed by atoms with Crippen LogP contribution in [0, 0.1) is 13.8 Å². The van der Waals surface area contributed by atoms with Gasteiger partial charge in [0.15, 0.2) is 5.16 Å². The molecule has 2 heterocycles. The first-order valence-electron chi connectivity index (χ1n) is 10.5. The second kappa shape index (κ2) is 9.54. The summed E-state index contributed by atoms with van der Waals surface area (Å²) in [5, 5.41) is 4.29. The molecule has 0 fully saturated rings. The summed E-state index contributed by atoms with van der Waals surface area (Å²) in [6.45, 7) is 4.85. The van der Waals surface area contributed by atoms with Gasteiger partial charge in [-0.15, -0.1) is 11.3 Å². The molecule has 164 valence electrons. The molecule has 0 bridgehead atoms. The maximum atomic E-state index is 13.4. The average Bonchev–Trinajstić information content (AvgIpc) is 3.09. The normalized spacial score (nSPS) is 13.4. The number of rotatable bonds is 7. The van der Waals surface area contributed by atoms with E-state index in [2.05, 4.69) is 11.4 Å². The number of amides is 1. The van der Waals surface area contributed by atoms with E-state index >= 15 is 0 Å². The molecule has 8 heteroatoms. The number of thiophene rings is 1. The molecule has 3 aromatic rings. The van der Waals surface area contributed by atoms with Crippen LogP contribution in [0.15, 0.2) is 28.2 Å². The minimum Gasteiger partial charge on any atom is -0.383 e. The van der Waals surface area contributed by atoms with E-state index in [1.165, 1.54) is 22.2 Å². The third kappa shape index (κ3) is 4.86. The number of carbonyl (C=O) groups excluding carboxylic acids is 1. The predicted octanol–water partition coefficient (Wildman–Crippen LogP) is 4.33. The number of methoxy groups -OCH3 is 1. The number of ether oxygens (including phenoxy) is 1. The summed E-state index contributed by atoms with van der Waals surface area (Å²) in [6, 6.07) is 5.97. The van der Waals surface area contributed by atoms with Crippen LogP contribution < -0.4 is 10.9 Å². The molecule has 0 radical (unpaired) electrons. The maximum absolute atomic E-state index is 13.4. The number of nitrogens with one attached hydrogen (secondary N) is 1. The van der Waals surface area contributed by atoms with Crippen molar-refractivity contribution in [3.8, 4) is 0 Å². The van der Waals surface area contributed by atoms with Gasteiger partial charge in [-0.05, 0) is 68.4 Å². The van der Waals surface area contributed by atoms with Crippen LogP contribution in [0.3, 0.4) is 0 Å². The number of thioether (sulfide) groups is 1. The lowest BCUT2D eigenvalue weighted by molar-refractivity contribution is -0.113. The van der Waals surface area contributed by atoms with Crippen LogP contribution in [-0.2, 0) is 28.9 Å². The maximum Gasteiger partial charge on any atom is 0.263 e. The van der Waals surface area contributed by atoms with Gasteiger partial charge in [0, 0.05) is 17.7 Å². The summed E-state index contributed by atoms with van der Waals surface area (Å²) in [5.74, 6) is 0.0661. The molecule has 0 spiro atoms. The van der Waals surface area contributed by atoms with E-state index in [0.717, 1.165) is 52.7 Å². The van der Waals surface area contributed by atoms with Gasteiger partial charge in [0.05, 0.1) is 24.3 Å². The minimum absolute atomic E-state index is 0.0151. The van der Waals surface area contributed by atoms with Crippen LogP contribution in [0.2, 0.25) is 0 Å². The van der Waals surface area contributed by atoms with Crippen molar-refractivity contribution in [3.63, 3.8) is 0 Å². The van der Waals surface area contributed by atoms with Gasteiger partial charge in [0.1, 0.15) is 4.83 Å². The standard InChI is InChI=1S/C23H27N3O3S2/c1-14-10-15(2)12-16(11-14)24-19(27)13-30-23-25-21-20(22(28)26(23)8-9-29-3)17-6-4-5-7-18(17)31-21/h10-12H,4-9,13H2,1-3H3,(H,24,27). The van der Waals surface area contributed by atoms with Crippen molar-refractivity contribution >= 4 is 44.9 Å². The fourth-order valence-electron chi connectivity index (χ4n) is 4.08. The van der Waals surface area contributed by atoms with Gasteiger partial charge in [0.25, 0.3) is 5.56 Å². The van der Waals surface area contributed by atoms with Gasteiger partial charge in [-0.25, -0.2) is 4.98 Å². The molecule has 1 amide bonds. The van der Waals surface area contributed by atoms with E-state index in [-0.39, 0.29) is 17.2 Å². The van der Waals surface area contributed by atoms with Crippen LogP contribution in [0.4, 0.5) is 5.69 Å². The number of nitrogens with zero attached hydrogens (tertiary/aromatic N) is 2. The first-order chi connectivity index (χ1) is 15.0. The number of anilines is 1. The molecule has 31 heavy (non-hydrogen) atoms. The fraction of sp³-hybridized carbons (Fsp3) is 0.435. The molecule has 1 N–H and O–H groups in total. The highest BCUT2D eigenvalue weighted by Crippen LogP contribution is 2.34. The Morgan fingerprint density at radius 3 is 2.71 bits per heavy atom. The van der Waals surface area contributed by atoms with Crippen molar-refractivity contribution < 1.29 is 9.53 Å². The van der Waals surface area contributed by atoms with Crippen molar-refractivity contribution in [1.29, 1.82) is 0 Å². The van der Waals surface area contributed by atoms with Gasteiger partial charge in [-0.1, -0.05) is 17.8 Å². The van der Waals surface area contributed by atoms with Crippen LogP contribution in [0.25, 0.3) is 10.2 Å². The van der Waals surface area contributed by atoms with Crippen LogP contribution in [0.5, 0.6) is 0 Å². The molecule has 6 nitrogen and oxygen atoms in total. The molecule has 1 aromatic carbocycles. The first kappa shape index (κ1) is 22.0. The Hall–Kier alpha value is -2.16. The summed E-state index contributed by atoms with van der Waals surface area (Å²) in [6.07, 6.45) is 4.25. The van der Waals surface area contributed by atoms with Crippen molar-refractivity contribution in [1.82, 2.24) is 9.55 Å². The summed E-state index contributed by atoms with van der Waals surface area (Å²) in [4.78, 5) is 32.8. The second-order valence-electron chi connectivity index (χ2n) is 7.95. The van der Waals surface area contributed by atoms with Crippen molar-refractivity contribution in [3.05, 3.63) is 50.1 Å². The number of benzene rings is 1. The van der Waals surface area contributed by atoms with E-state index in [1.54, 1.807) is 23.0 Å². The van der Waals surface area contributed by atoms with Crippen LogP contribution in [0.1, 0.15) is 34.4 Å². The zero-order valence-electron chi connectivity index (χ0n) is 18.1. The Labute approximate surface area is 190 Å². The highest BCUT2D eigenvalue weighted by Gasteiger charge is 2.22. The van der Waals surface area contributed by atoms with Crippen LogP contribution in [-0.4, -0.2) is 34.9 Å². The molecule has 1 aliphatic rings. The van der Waals surface area contributed by atoms with E-state index in [1.807, 2.05) is 26.0 Å². The third-order valence-electron chi connectivity index (χ3n) is 5.40. The Bertz CT molecular complexity index is 1160. The minimum atomic E-state index is -0.117. The topological polar surface area (TPSA) is 73.2 Å². The van der Waals surface area contributed by atoms with Crippen molar-refractivity contribution in [2.45, 2.75) is 51.2 Å². The summed E-state index contributed by atoms with van der Waals surface area (Å²) >= 11 is 2.93. The first-order valence-corrected chi connectivity index (χ1v) is 12.3. The molecule has 4 rings (SSSR count). The fourth-order valence-corrected chi connectivity index (χ4v) is 6.21. The molecular weight excluding hydrogens is 430 g/mol. The molecule has 0 atom stereocenters. The van der Waals surface area contributed by atoms with E-state index in [4.69, 9.17) is 9.72 Å². The summed E-state index contributed by atoms with van der Waals surface area (Å²) < 4.78 is 6.88. The van der Waals surface area contributed by atoms with Gasteiger partial charge in [0.2, 0.25) is 5.91 Å². The van der Waals surface area contributed by atoms with Gasteiger partial charge in [-0.3, -0.25) is 14.2 Å². The lowest BCUT2D eigenvalue weighted by Gasteiger charge is -2.13. The lowest BCUT2D eigenvalue weighted by atomic mass is 9.97. The van der Waals surface area contributed by atoms with Crippen molar-refractivity contribution in [2.24, 2.45) is 0 Å². The second-order valence-corrected chi connectivity index (χ2v) is 9.97. The summed E-state index contributed by atoms with van der Waals surface area (Å²) in [5.41, 5.74) is 4.15.